The molecular weight excluding hydrogens is 480 g/mol. The van der Waals surface area contributed by atoms with Crippen LogP contribution in [-0.4, -0.2) is 55.7 Å². The molecule has 0 atom stereocenters. The molecule has 1 saturated heterocycles. The summed E-state index contributed by atoms with van der Waals surface area (Å²) in [7, 11) is -3.75. The average molecular weight is 500 g/mol. The number of nitrogens with one attached hydrogen (secondary N) is 1. The van der Waals surface area contributed by atoms with Crippen LogP contribution in [0.5, 0.6) is 0 Å². The lowest BCUT2D eigenvalue weighted by Crippen LogP contribution is -2.40. The van der Waals surface area contributed by atoms with Crippen molar-refractivity contribution in [3.8, 4) is 0 Å². The topological polar surface area (TPSA) is 88.6 Å². The number of hydrogen-bond acceptors (Lipinski definition) is 7. The normalized spacial score (nSPS) is 15.4. The van der Waals surface area contributed by atoms with Crippen molar-refractivity contribution in [3.63, 3.8) is 0 Å². The van der Waals surface area contributed by atoms with Gasteiger partial charge in [-0.15, -0.1) is 0 Å². The number of aryl methyl sites for hydroxylation is 1. The summed E-state index contributed by atoms with van der Waals surface area (Å²) >= 11 is 1.60. The number of thiazole rings is 1. The quantitative estimate of drug-likeness (QED) is 0.512. The molecule has 7 nitrogen and oxygen atoms in total. The predicted octanol–water partition coefficient (Wildman–Crippen LogP) is 4.19. The Labute approximate surface area is 191 Å². The van der Waals surface area contributed by atoms with Crippen molar-refractivity contribution < 1.29 is 26.7 Å². The van der Waals surface area contributed by atoms with Crippen molar-refractivity contribution in [1.29, 1.82) is 0 Å². The molecule has 0 unspecified atom stereocenters. The maximum atomic E-state index is 12.9. The summed E-state index contributed by atoms with van der Waals surface area (Å²) in [6, 6.07) is 9.20. The number of carbonyl (C=O) groups is 1. The third-order valence-corrected chi connectivity index (χ3v) is 8.40. The number of rotatable bonds is 6. The molecule has 0 radical (unpaired) electrons. The second-order valence-electron chi connectivity index (χ2n) is 6.97. The van der Waals surface area contributed by atoms with Crippen molar-refractivity contribution >= 4 is 54.4 Å². The van der Waals surface area contributed by atoms with Gasteiger partial charge < -0.3 is 4.74 Å². The Hall–Kier alpha value is -2.12. The van der Waals surface area contributed by atoms with Crippen LogP contribution in [-0.2, 0) is 14.8 Å². The molecule has 1 fully saturated rings. The number of aromatic nitrogens is 1. The van der Waals surface area contributed by atoms with Gasteiger partial charge in [-0.05, 0) is 42.8 Å². The first-order valence-corrected chi connectivity index (χ1v) is 12.7. The van der Waals surface area contributed by atoms with Gasteiger partial charge in [-0.2, -0.15) is 13.1 Å². The summed E-state index contributed by atoms with van der Waals surface area (Å²) in [5, 5.41) is 2.99. The summed E-state index contributed by atoms with van der Waals surface area (Å²) in [6.45, 7) is 2.89. The van der Waals surface area contributed by atoms with E-state index in [0.29, 0.717) is 50.8 Å². The Balaban J connectivity index is 1.57. The molecule has 2 aromatic carbocycles. The zero-order valence-electron chi connectivity index (χ0n) is 16.9. The Bertz CT molecular complexity index is 1260. The van der Waals surface area contributed by atoms with Gasteiger partial charge in [0, 0.05) is 23.5 Å². The number of nitrogens with zero attached hydrogens (tertiary/aromatic N) is 2. The Kier molecular flexibility index (Phi) is 6.77. The third-order valence-electron chi connectivity index (χ3n) is 4.87. The standard InChI is InChI=1S/C20H19F2N3O4S3/c1-12-2-4-14(32(27,28)25-6-8-29-9-7-25)11-15(12)18(26)24-20-23-16-5-3-13(30-19(21)22)10-17(16)31-20/h2-5,10-11,19H,6-9H2,1H3,(H,23,24,26). The second-order valence-corrected chi connectivity index (χ2v) is 11.0. The van der Waals surface area contributed by atoms with Gasteiger partial charge in [-0.3, -0.25) is 10.1 Å². The number of amides is 1. The smallest absolute Gasteiger partial charge is 0.288 e. The zero-order chi connectivity index (χ0) is 22.9. The van der Waals surface area contributed by atoms with Gasteiger partial charge in [0.15, 0.2) is 5.13 Å². The molecule has 0 bridgehead atoms. The predicted molar refractivity (Wildman–Crippen MR) is 120 cm³/mol. The summed E-state index contributed by atoms with van der Waals surface area (Å²) in [5.41, 5.74) is 1.40. The van der Waals surface area contributed by atoms with Crippen molar-refractivity contribution in [3.05, 3.63) is 47.5 Å². The largest absolute Gasteiger partial charge is 0.379 e. The van der Waals surface area contributed by atoms with E-state index in [4.69, 9.17) is 4.74 Å². The fraction of sp³-hybridized carbons (Fsp3) is 0.300. The van der Waals surface area contributed by atoms with Gasteiger partial charge in [-0.25, -0.2) is 13.4 Å². The number of ether oxygens (including phenoxy) is 1. The molecule has 170 valence electrons. The monoisotopic (exact) mass is 499 g/mol. The van der Waals surface area contributed by atoms with Crippen LogP contribution in [0.4, 0.5) is 13.9 Å². The summed E-state index contributed by atoms with van der Waals surface area (Å²) < 4.78 is 58.3. The molecule has 0 aliphatic carbocycles. The molecule has 0 spiro atoms. The van der Waals surface area contributed by atoms with Gasteiger partial charge in [0.05, 0.1) is 28.3 Å². The Morgan fingerprint density at radius 3 is 2.69 bits per heavy atom. The van der Waals surface area contributed by atoms with E-state index in [1.165, 1.54) is 16.4 Å². The van der Waals surface area contributed by atoms with Gasteiger partial charge in [0.1, 0.15) is 0 Å². The maximum Gasteiger partial charge on any atom is 0.288 e. The summed E-state index contributed by atoms with van der Waals surface area (Å²) in [6.07, 6.45) is 0. The molecule has 1 amide bonds. The minimum atomic E-state index is -3.75. The molecule has 1 aliphatic heterocycles. The highest BCUT2D eigenvalue weighted by Gasteiger charge is 2.27. The zero-order valence-corrected chi connectivity index (χ0v) is 19.3. The second kappa shape index (κ2) is 9.40. The highest BCUT2D eigenvalue weighted by molar-refractivity contribution is 7.99. The van der Waals surface area contributed by atoms with Crippen LogP contribution in [0.15, 0.2) is 46.2 Å². The number of alkyl halides is 2. The molecule has 32 heavy (non-hydrogen) atoms. The van der Waals surface area contributed by atoms with E-state index in [-0.39, 0.29) is 23.5 Å². The minimum Gasteiger partial charge on any atom is -0.379 e. The van der Waals surface area contributed by atoms with Crippen LogP contribution in [0.3, 0.4) is 0 Å². The van der Waals surface area contributed by atoms with Crippen LogP contribution in [0.25, 0.3) is 10.2 Å². The number of carbonyl (C=O) groups excluding carboxylic acids is 1. The van der Waals surface area contributed by atoms with Crippen LogP contribution in [0.1, 0.15) is 15.9 Å². The molecule has 1 aromatic heterocycles. The lowest BCUT2D eigenvalue weighted by molar-refractivity contribution is 0.0730. The van der Waals surface area contributed by atoms with E-state index in [2.05, 4.69) is 10.3 Å². The average Bonchev–Trinajstić information content (AvgIpc) is 3.15. The molecule has 1 aliphatic rings. The fourth-order valence-corrected chi connectivity index (χ4v) is 6.19. The molecular formula is C20H19F2N3O4S3. The fourth-order valence-electron chi connectivity index (χ4n) is 3.24. The number of fused-ring (bicyclic) bond motifs is 1. The first kappa shape index (κ1) is 23.1. The highest BCUT2D eigenvalue weighted by atomic mass is 32.2. The lowest BCUT2D eigenvalue weighted by Gasteiger charge is -2.26. The van der Waals surface area contributed by atoms with Crippen molar-refractivity contribution in [1.82, 2.24) is 9.29 Å². The van der Waals surface area contributed by atoms with Crippen LogP contribution >= 0.6 is 23.1 Å². The van der Waals surface area contributed by atoms with E-state index in [0.717, 1.165) is 11.3 Å². The van der Waals surface area contributed by atoms with E-state index < -0.39 is 21.7 Å². The molecule has 12 heteroatoms. The van der Waals surface area contributed by atoms with Gasteiger partial charge in [0.25, 0.3) is 11.7 Å². The van der Waals surface area contributed by atoms with E-state index in [9.17, 15) is 22.0 Å². The van der Waals surface area contributed by atoms with Crippen LogP contribution in [0.2, 0.25) is 0 Å². The van der Waals surface area contributed by atoms with Gasteiger partial charge in [-0.1, -0.05) is 29.2 Å². The number of anilines is 1. The number of thioether (sulfide) groups is 1. The molecule has 0 saturated carbocycles. The van der Waals surface area contributed by atoms with E-state index in [1.807, 2.05) is 0 Å². The first-order valence-electron chi connectivity index (χ1n) is 9.59. The summed E-state index contributed by atoms with van der Waals surface area (Å²) in [4.78, 5) is 17.7. The highest BCUT2D eigenvalue weighted by Crippen LogP contribution is 2.33. The maximum absolute atomic E-state index is 12.9. The number of hydrogen-bond donors (Lipinski definition) is 1. The van der Waals surface area contributed by atoms with Crippen LogP contribution < -0.4 is 5.32 Å². The summed E-state index contributed by atoms with van der Waals surface area (Å²) in [5.74, 6) is -3.02. The third kappa shape index (κ3) is 4.94. The first-order chi connectivity index (χ1) is 15.2. The number of halogens is 2. The van der Waals surface area contributed by atoms with E-state index >= 15 is 0 Å². The SMILES string of the molecule is Cc1ccc(S(=O)(=O)N2CCOCC2)cc1C(=O)Nc1nc2ccc(SC(F)F)cc2s1. The molecule has 3 aromatic rings. The number of benzene rings is 2. The number of morpholine rings is 1. The lowest BCUT2D eigenvalue weighted by atomic mass is 10.1. The van der Waals surface area contributed by atoms with E-state index in [1.54, 1.807) is 31.2 Å². The molecule has 2 heterocycles. The van der Waals surface area contributed by atoms with Crippen LogP contribution in [0, 0.1) is 6.92 Å². The van der Waals surface area contributed by atoms with Crippen molar-refractivity contribution in [2.75, 3.05) is 31.6 Å². The van der Waals surface area contributed by atoms with Gasteiger partial charge >= 0.3 is 0 Å². The van der Waals surface area contributed by atoms with Crippen molar-refractivity contribution in [2.45, 2.75) is 22.5 Å². The van der Waals surface area contributed by atoms with Crippen molar-refractivity contribution in [2.24, 2.45) is 0 Å². The number of sulfonamides is 1. The molecule has 4 rings (SSSR count). The minimum absolute atomic E-state index is 0.0353. The van der Waals surface area contributed by atoms with Gasteiger partial charge in [0.2, 0.25) is 10.0 Å². The molecule has 1 N–H and O–H groups in total. The Morgan fingerprint density at radius 2 is 1.97 bits per heavy atom. The Morgan fingerprint density at radius 1 is 1.22 bits per heavy atom.